The number of hydrogen-bond acceptors (Lipinski definition) is 11. The summed E-state index contributed by atoms with van der Waals surface area (Å²) in [7, 11) is -9.70. The highest BCUT2D eigenvalue weighted by Gasteiger charge is 2.36. The summed E-state index contributed by atoms with van der Waals surface area (Å²) in [6.07, 6.45) is 41.3. The number of carbonyl (C=O) groups is 2. The summed E-state index contributed by atoms with van der Waals surface area (Å²) in [5.74, 6) is -0.337. The van der Waals surface area contributed by atoms with Crippen molar-refractivity contribution in [2.45, 2.75) is 193 Å². The lowest BCUT2D eigenvalue weighted by molar-refractivity contribution is -0.161. The number of aliphatic hydroxyl groups is 1. The minimum absolute atomic E-state index is 0.0656. The number of allylic oxidation sites excluding steroid dienone is 8. The van der Waals surface area contributed by atoms with Crippen molar-refractivity contribution in [3.63, 3.8) is 0 Å². The van der Waals surface area contributed by atoms with E-state index in [2.05, 4.69) is 72.4 Å². The van der Waals surface area contributed by atoms with Crippen LogP contribution in [-0.4, -0.2) is 82.6 Å². The van der Waals surface area contributed by atoms with Crippen LogP contribution in [0.1, 0.15) is 168 Å². The summed E-state index contributed by atoms with van der Waals surface area (Å²) in [5.41, 5.74) is 0. The van der Waals surface area contributed by atoms with E-state index in [4.69, 9.17) is 28.5 Å². The van der Waals surface area contributed by atoms with Crippen LogP contribution in [0, 0.1) is 5.92 Å². The van der Waals surface area contributed by atoms with Gasteiger partial charge in [0.05, 0.1) is 32.0 Å². The van der Waals surface area contributed by atoms with E-state index in [-0.39, 0.29) is 12.8 Å². The van der Waals surface area contributed by atoms with Crippen LogP contribution in [0.2, 0.25) is 0 Å². The summed E-state index contributed by atoms with van der Waals surface area (Å²) in [5, 5.41) is 9.76. The van der Waals surface area contributed by atoms with E-state index in [9.17, 15) is 28.7 Å². The fraction of sp³-hybridized carbons (Fsp3) is 0.745. The molecule has 0 bridgehead atoms. The first-order valence-electron chi connectivity index (χ1n) is 23.5. The predicted molar refractivity (Wildman–Crippen MR) is 248 cm³/mol. The Hall–Kier alpha value is -2.22. The Morgan fingerprint density at radius 1 is 0.587 bits per heavy atom. The second-order valence-electron chi connectivity index (χ2n) is 16.5. The Balaban J connectivity index is 2.37. The average molecular weight is 933 g/mol. The molecule has 0 aromatic heterocycles. The third-order valence-corrected chi connectivity index (χ3v) is 11.4. The highest BCUT2D eigenvalue weighted by Crippen LogP contribution is 2.44. The normalized spacial score (nSPS) is 17.8. The van der Waals surface area contributed by atoms with Crippen molar-refractivity contribution in [2.24, 2.45) is 5.92 Å². The van der Waals surface area contributed by atoms with Crippen LogP contribution in [0.5, 0.6) is 0 Å². The predicted octanol–water partition coefficient (Wildman–Crippen LogP) is 11.2. The molecule has 0 aromatic rings. The zero-order valence-electron chi connectivity index (χ0n) is 38.5. The van der Waals surface area contributed by atoms with Crippen LogP contribution in [0.3, 0.4) is 0 Å². The van der Waals surface area contributed by atoms with Gasteiger partial charge in [0.25, 0.3) is 0 Å². The number of ether oxygens (including phenoxy) is 3. The number of epoxide rings is 1. The Bertz CT molecular complexity index is 1420. The SMILES string of the molecule is CC/C=C\CC1OC1C/C=C\C/C=C\C/C=C\C/C=C\CCC(=O)OC[C@H](COP(=O)(O)OC[C@@H](O)COP(=O)(O)O)OC(=O)CCCCCCCCCCCCCCCC(C)C. The van der Waals surface area contributed by atoms with Crippen molar-refractivity contribution in [1.82, 2.24) is 0 Å². The molecule has 1 fully saturated rings. The molecular weight excluding hydrogens is 850 g/mol. The van der Waals surface area contributed by atoms with Gasteiger partial charge in [-0.2, -0.15) is 0 Å². The quantitative estimate of drug-likeness (QED) is 0.0148. The molecule has 1 rings (SSSR count). The molecule has 0 aromatic carbocycles. The Labute approximate surface area is 378 Å². The van der Waals surface area contributed by atoms with E-state index in [1.165, 1.54) is 64.2 Å². The number of aliphatic hydroxyl groups excluding tert-OH is 1. The Kier molecular flexibility index (Phi) is 35.4. The number of phosphoric ester groups is 2. The number of phosphoric acid groups is 2. The number of unbranched alkanes of at least 4 members (excludes halogenated alkanes) is 12. The van der Waals surface area contributed by atoms with Gasteiger partial charge in [-0.3, -0.25) is 23.2 Å². The molecule has 1 saturated heterocycles. The molecule has 4 N–H and O–H groups in total. The lowest BCUT2D eigenvalue weighted by Crippen LogP contribution is -2.29. The number of rotatable bonds is 42. The molecule has 16 heteroatoms. The number of carbonyl (C=O) groups excluding carboxylic acids is 2. The van der Waals surface area contributed by atoms with Gasteiger partial charge in [-0.05, 0) is 57.3 Å². The van der Waals surface area contributed by atoms with Gasteiger partial charge in [-0.1, -0.05) is 165 Å². The van der Waals surface area contributed by atoms with Crippen LogP contribution >= 0.6 is 15.6 Å². The van der Waals surface area contributed by atoms with E-state index in [1.54, 1.807) is 0 Å². The van der Waals surface area contributed by atoms with E-state index in [1.807, 2.05) is 18.2 Å². The molecule has 1 aliphatic heterocycles. The van der Waals surface area contributed by atoms with E-state index in [0.29, 0.717) is 31.5 Å². The van der Waals surface area contributed by atoms with Crippen molar-refractivity contribution in [3.8, 4) is 0 Å². The van der Waals surface area contributed by atoms with Crippen LogP contribution in [-0.2, 0) is 46.5 Å². The molecule has 0 amide bonds. The first kappa shape index (κ1) is 58.8. The third kappa shape index (κ3) is 39.8. The van der Waals surface area contributed by atoms with Crippen molar-refractivity contribution in [3.05, 3.63) is 60.8 Å². The van der Waals surface area contributed by atoms with Crippen LogP contribution < -0.4 is 0 Å². The van der Waals surface area contributed by atoms with Crippen LogP contribution in [0.15, 0.2) is 60.8 Å². The summed E-state index contributed by atoms with van der Waals surface area (Å²) in [6.45, 7) is 3.89. The van der Waals surface area contributed by atoms with Gasteiger partial charge in [0.15, 0.2) is 6.10 Å². The second kappa shape index (κ2) is 37.9. The monoisotopic (exact) mass is 933 g/mol. The molecule has 5 atom stereocenters. The lowest BCUT2D eigenvalue weighted by atomic mass is 10.0. The molecule has 0 spiro atoms. The number of esters is 2. The van der Waals surface area contributed by atoms with Crippen molar-refractivity contribution in [1.29, 1.82) is 0 Å². The van der Waals surface area contributed by atoms with Gasteiger partial charge < -0.3 is 34.0 Å². The topological polar surface area (TPSA) is 208 Å². The summed E-state index contributed by atoms with van der Waals surface area (Å²) in [4.78, 5) is 52.8. The van der Waals surface area contributed by atoms with E-state index >= 15 is 0 Å². The zero-order valence-corrected chi connectivity index (χ0v) is 40.3. The first-order chi connectivity index (χ1) is 30.2. The van der Waals surface area contributed by atoms with Gasteiger partial charge in [0.2, 0.25) is 0 Å². The minimum atomic E-state index is -4.87. The fourth-order valence-corrected chi connectivity index (χ4v) is 7.52. The standard InChI is InChI=1S/C47H82O14P2/c1-4-5-27-33-44-45(61-44)34-29-24-20-16-12-9-10-13-17-21-25-30-35-46(49)56-39-43(40-59-63(54,55)58-38-42(48)37-57-62(51,52)53)60-47(50)36-31-26-22-18-14-8-6-7-11-15-19-23-28-32-41(2)3/h5,10,12-13,16,21,24-25,27,29,41-45,48H,4,6-9,11,14-15,17-20,22-23,26,28,30-40H2,1-3H3,(H,54,55)(H2,51,52,53)/b13-10-,16-12-,25-21-,27-5-,29-24-/t42-,43+,44?,45?/m0/s1. The molecule has 0 aliphatic carbocycles. The summed E-state index contributed by atoms with van der Waals surface area (Å²) in [6, 6.07) is 0. The maximum atomic E-state index is 12.7. The third-order valence-electron chi connectivity index (χ3n) is 10.0. The van der Waals surface area contributed by atoms with E-state index < -0.39 is 66.2 Å². The van der Waals surface area contributed by atoms with E-state index in [0.717, 1.165) is 57.3 Å². The maximum absolute atomic E-state index is 12.7. The second-order valence-corrected chi connectivity index (χ2v) is 19.2. The molecule has 3 unspecified atom stereocenters. The molecular formula is C47H82O14P2. The zero-order chi connectivity index (χ0) is 46.4. The van der Waals surface area contributed by atoms with Crippen molar-refractivity contribution < 1.29 is 66.3 Å². The Morgan fingerprint density at radius 3 is 1.60 bits per heavy atom. The van der Waals surface area contributed by atoms with Gasteiger partial charge in [0, 0.05) is 12.8 Å². The first-order valence-corrected chi connectivity index (χ1v) is 26.5. The lowest BCUT2D eigenvalue weighted by Gasteiger charge is -2.20. The molecule has 364 valence electrons. The number of hydrogen-bond donors (Lipinski definition) is 4. The molecule has 0 saturated carbocycles. The van der Waals surface area contributed by atoms with Gasteiger partial charge in [0.1, 0.15) is 12.7 Å². The van der Waals surface area contributed by atoms with Crippen molar-refractivity contribution >= 4 is 27.6 Å². The van der Waals surface area contributed by atoms with Crippen LogP contribution in [0.25, 0.3) is 0 Å². The maximum Gasteiger partial charge on any atom is 0.472 e. The average Bonchev–Trinajstić information content (AvgIpc) is 3.99. The summed E-state index contributed by atoms with van der Waals surface area (Å²) < 4.78 is 53.5. The molecule has 14 nitrogen and oxygen atoms in total. The van der Waals surface area contributed by atoms with Gasteiger partial charge in [-0.25, -0.2) is 9.13 Å². The minimum Gasteiger partial charge on any atom is -0.462 e. The van der Waals surface area contributed by atoms with Gasteiger partial charge in [-0.15, -0.1) is 0 Å². The molecule has 63 heavy (non-hydrogen) atoms. The highest BCUT2D eigenvalue weighted by atomic mass is 31.2. The Morgan fingerprint density at radius 2 is 1.06 bits per heavy atom. The van der Waals surface area contributed by atoms with Crippen molar-refractivity contribution in [2.75, 3.05) is 26.4 Å². The molecule has 0 radical (unpaired) electrons. The summed E-state index contributed by atoms with van der Waals surface area (Å²) >= 11 is 0. The molecule has 1 aliphatic rings. The smallest absolute Gasteiger partial charge is 0.462 e. The highest BCUT2D eigenvalue weighted by molar-refractivity contribution is 7.47. The van der Waals surface area contributed by atoms with Gasteiger partial charge >= 0.3 is 27.6 Å². The largest absolute Gasteiger partial charge is 0.472 e. The fourth-order valence-electron chi connectivity index (χ4n) is 6.36. The van der Waals surface area contributed by atoms with Crippen LogP contribution in [0.4, 0.5) is 0 Å². The molecule has 1 heterocycles.